The fraction of sp³-hybridized carbons (Fsp3) is 0.879. The van der Waals surface area contributed by atoms with Gasteiger partial charge in [0.25, 0.3) is 0 Å². The zero-order valence-corrected chi connectivity index (χ0v) is 25.1. The van der Waals surface area contributed by atoms with Gasteiger partial charge in [-0.25, -0.2) is 0 Å². The normalized spacial score (nSPS) is 49.5. The second-order valence-corrected chi connectivity index (χ2v) is 16.0. The molecule has 5 heteroatoms. The number of hydrogen-bond donors (Lipinski definition) is 2. The van der Waals surface area contributed by atoms with Gasteiger partial charge in [0.15, 0.2) is 0 Å². The van der Waals surface area contributed by atoms with Gasteiger partial charge in [-0.3, -0.25) is 9.59 Å². The van der Waals surface area contributed by atoms with Crippen LogP contribution >= 0.6 is 0 Å². The molecule has 0 saturated heterocycles. The zero-order chi connectivity index (χ0) is 27.9. The van der Waals surface area contributed by atoms with Crippen LogP contribution in [0.3, 0.4) is 0 Å². The number of allylic oxidation sites excluding steroid dienone is 2. The Hall–Kier alpha value is -1.36. The molecule has 5 nitrogen and oxygen atoms in total. The maximum absolute atomic E-state index is 12.3. The van der Waals surface area contributed by atoms with Crippen molar-refractivity contribution in [3.05, 3.63) is 11.6 Å². The predicted octanol–water partition coefficient (Wildman–Crippen LogP) is 7.13. The van der Waals surface area contributed by atoms with Crippen LogP contribution in [0.2, 0.25) is 0 Å². The average molecular weight is 528 g/mol. The number of carbonyl (C=O) groups excluding carboxylic acids is 1. The van der Waals surface area contributed by atoms with Crippen LogP contribution in [0.25, 0.3) is 0 Å². The molecule has 0 radical (unpaired) electrons. The van der Waals surface area contributed by atoms with E-state index in [-0.39, 0.29) is 39.1 Å². The number of ether oxygens (including phenoxy) is 1. The maximum atomic E-state index is 12.3. The van der Waals surface area contributed by atoms with E-state index in [2.05, 4.69) is 47.6 Å². The van der Waals surface area contributed by atoms with E-state index in [9.17, 15) is 14.7 Å². The van der Waals surface area contributed by atoms with Gasteiger partial charge in [-0.15, -0.1) is 0 Å². The number of primary amides is 1. The van der Waals surface area contributed by atoms with Crippen LogP contribution in [-0.2, 0) is 14.3 Å². The van der Waals surface area contributed by atoms with E-state index >= 15 is 0 Å². The van der Waals surface area contributed by atoms with Gasteiger partial charge in [0.1, 0.15) is 0 Å². The number of carboxylic acids is 1. The first kappa shape index (κ1) is 28.2. The third-order valence-electron chi connectivity index (χ3n) is 14.0. The summed E-state index contributed by atoms with van der Waals surface area (Å²) in [4.78, 5) is 23.6. The molecule has 2 unspecified atom stereocenters. The third kappa shape index (κ3) is 3.79. The summed E-state index contributed by atoms with van der Waals surface area (Å²) in [5, 5.41) is 10.1. The van der Waals surface area contributed by atoms with Crippen LogP contribution < -0.4 is 5.73 Å². The Morgan fingerprint density at radius 3 is 2.29 bits per heavy atom. The Balaban J connectivity index is 1.47. The van der Waals surface area contributed by atoms with E-state index in [0.29, 0.717) is 30.8 Å². The van der Waals surface area contributed by atoms with E-state index < -0.39 is 11.4 Å². The van der Waals surface area contributed by atoms with Crippen LogP contribution in [0.1, 0.15) is 119 Å². The summed E-state index contributed by atoms with van der Waals surface area (Å²) < 4.78 is 6.32. The minimum Gasteiger partial charge on any atom is -0.481 e. The number of aliphatic carboxylic acids is 1. The Bertz CT molecular complexity index is 1030. The average Bonchev–Trinajstić information content (AvgIpc) is 2.82. The maximum Gasteiger partial charge on any atom is 0.309 e. The van der Waals surface area contributed by atoms with Crippen molar-refractivity contribution < 1.29 is 19.4 Å². The SMILES string of the molecule is CC1(C(=O)O)CC[C@]2(C)CC[C@]3(C)C(=CC[C@@H]4[C@@]5(C)CC[C@H](OCCC(N)=O)C(C)(C)C5CC[C@]43C)[C@@H]2C1. The van der Waals surface area contributed by atoms with Crippen molar-refractivity contribution in [3.8, 4) is 0 Å². The molecule has 0 aromatic carbocycles. The van der Waals surface area contributed by atoms with Crippen molar-refractivity contribution in [3.63, 3.8) is 0 Å². The van der Waals surface area contributed by atoms with E-state index in [4.69, 9.17) is 10.5 Å². The lowest BCUT2D eigenvalue weighted by Crippen LogP contribution is -2.64. The molecule has 0 aliphatic heterocycles. The van der Waals surface area contributed by atoms with Gasteiger partial charge >= 0.3 is 5.97 Å². The van der Waals surface area contributed by atoms with Crippen LogP contribution in [-0.4, -0.2) is 29.7 Å². The lowest BCUT2D eigenvalue weighted by atomic mass is 9.33. The molecule has 1 amide bonds. The molecule has 4 fully saturated rings. The van der Waals surface area contributed by atoms with Crippen molar-refractivity contribution in [2.45, 2.75) is 125 Å². The molecular formula is C33H53NO4. The smallest absolute Gasteiger partial charge is 0.309 e. The minimum atomic E-state index is -0.614. The number of amides is 1. The molecule has 0 aromatic rings. The molecule has 0 spiro atoms. The molecule has 0 bridgehead atoms. The number of carboxylic acid groups (broad SMARTS) is 1. The zero-order valence-electron chi connectivity index (χ0n) is 25.1. The Morgan fingerprint density at radius 2 is 1.63 bits per heavy atom. The highest BCUT2D eigenvalue weighted by Crippen LogP contribution is 2.75. The molecule has 9 atom stereocenters. The molecule has 38 heavy (non-hydrogen) atoms. The number of hydrogen-bond acceptors (Lipinski definition) is 3. The fourth-order valence-corrected chi connectivity index (χ4v) is 11.1. The van der Waals surface area contributed by atoms with E-state index in [1.165, 1.54) is 32.1 Å². The summed E-state index contributed by atoms with van der Waals surface area (Å²) in [6.45, 7) is 17.4. The monoisotopic (exact) mass is 527 g/mol. The summed E-state index contributed by atoms with van der Waals surface area (Å²) in [7, 11) is 0. The molecule has 5 rings (SSSR count). The van der Waals surface area contributed by atoms with Crippen molar-refractivity contribution in [1.29, 1.82) is 0 Å². The summed E-state index contributed by atoms with van der Waals surface area (Å²) in [6, 6.07) is 0. The highest BCUT2D eigenvalue weighted by Gasteiger charge is 2.68. The summed E-state index contributed by atoms with van der Waals surface area (Å²) in [6.07, 6.45) is 13.9. The first-order valence-electron chi connectivity index (χ1n) is 15.4. The molecule has 5 aliphatic rings. The summed E-state index contributed by atoms with van der Waals surface area (Å²) in [5.74, 6) is 0.674. The van der Waals surface area contributed by atoms with Crippen LogP contribution in [0, 0.1) is 50.2 Å². The van der Waals surface area contributed by atoms with Crippen LogP contribution in [0.4, 0.5) is 0 Å². The second-order valence-electron chi connectivity index (χ2n) is 16.0. The molecule has 0 aromatic heterocycles. The number of nitrogens with two attached hydrogens (primary N) is 1. The first-order valence-corrected chi connectivity index (χ1v) is 15.4. The number of carbonyl (C=O) groups is 2. The Labute approximate surface area is 230 Å². The predicted molar refractivity (Wildman–Crippen MR) is 150 cm³/mol. The third-order valence-corrected chi connectivity index (χ3v) is 14.0. The number of fused-ring (bicyclic) bond motifs is 7. The van der Waals surface area contributed by atoms with Gasteiger partial charge in [-0.1, -0.05) is 53.2 Å². The quantitative estimate of drug-likeness (QED) is 0.372. The molecule has 3 N–H and O–H groups in total. The van der Waals surface area contributed by atoms with Gasteiger partial charge in [0.05, 0.1) is 18.1 Å². The lowest BCUT2D eigenvalue weighted by molar-refractivity contribution is -0.211. The van der Waals surface area contributed by atoms with Gasteiger partial charge < -0.3 is 15.6 Å². The Kier molecular flexibility index (Phi) is 6.54. The standard InChI is InChI=1S/C33H53NO4/c1-28(2)23-10-14-33(7)24(31(23,5)13-11-25(28)38-19-12-26(34)35)9-8-21-22-20-30(4,27(36)37)16-15-29(22,3)17-18-32(21,33)6/h8,22-25H,9-20H2,1-7H3,(H2,34,35)(H,36,37)/t22-,23?,24+,25-,29+,30?,31-,32+,33+/m0/s1. The van der Waals surface area contributed by atoms with E-state index in [1.807, 2.05) is 6.92 Å². The van der Waals surface area contributed by atoms with Crippen molar-refractivity contribution >= 4 is 11.9 Å². The summed E-state index contributed by atoms with van der Waals surface area (Å²) >= 11 is 0. The van der Waals surface area contributed by atoms with Gasteiger partial charge in [0, 0.05) is 6.42 Å². The minimum absolute atomic E-state index is 0.0503. The van der Waals surface area contributed by atoms with Gasteiger partial charge in [-0.05, 0) is 116 Å². The second kappa shape index (κ2) is 8.82. The lowest BCUT2D eigenvalue weighted by Gasteiger charge is -2.71. The van der Waals surface area contributed by atoms with Crippen molar-refractivity contribution in [1.82, 2.24) is 0 Å². The molecule has 0 heterocycles. The highest BCUT2D eigenvalue weighted by molar-refractivity contribution is 5.74. The Morgan fingerprint density at radius 1 is 0.947 bits per heavy atom. The first-order chi connectivity index (χ1) is 17.5. The fourth-order valence-electron chi connectivity index (χ4n) is 11.1. The number of rotatable bonds is 5. The van der Waals surface area contributed by atoms with Crippen molar-refractivity contribution in [2.24, 2.45) is 56.0 Å². The molecule has 4 saturated carbocycles. The van der Waals surface area contributed by atoms with Crippen molar-refractivity contribution in [2.75, 3.05) is 6.61 Å². The van der Waals surface area contributed by atoms with Crippen LogP contribution in [0.5, 0.6) is 0 Å². The highest BCUT2D eigenvalue weighted by atomic mass is 16.5. The van der Waals surface area contributed by atoms with Gasteiger partial charge in [0.2, 0.25) is 5.91 Å². The molecular weight excluding hydrogens is 474 g/mol. The molecule has 5 aliphatic carbocycles. The van der Waals surface area contributed by atoms with Crippen LogP contribution in [0.15, 0.2) is 11.6 Å². The molecule has 214 valence electrons. The van der Waals surface area contributed by atoms with Gasteiger partial charge in [-0.2, -0.15) is 0 Å². The van der Waals surface area contributed by atoms with E-state index in [1.54, 1.807) is 5.57 Å². The largest absolute Gasteiger partial charge is 0.481 e. The topological polar surface area (TPSA) is 89.6 Å². The summed E-state index contributed by atoms with van der Waals surface area (Å²) in [5.41, 5.74) is 7.26. The van der Waals surface area contributed by atoms with E-state index in [0.717, 1.165) is 32.1 Å².